The average Bonchev–Trinajstić information content (AvgIpc) is 2.71. The maximum Gasteiger partial charge on any atom is 0.323 e. The summed E-state index contributed by atoms with van der Waals surface area (Å²) >= 11 is 0. The van der Waals surface area contributed by atoms with Crippen LogP contribution in [0.4, 0.5) is 0 Å². The molecule has 1 rings (SSSR count). The molecule has 0 aliphatic rings. The number of rotatable bonds is 14. The average molecular weight is 444 g/mol. The fraction of sp³-hybridized carbons (Fsp3) is 0.696. The molecule has 7 heteroatoms. The molecule has 1 aromatic carbocycles. The SMILES string of the molecule is CCCCCCCCCCCCOC(=O)C(C)N(C)C.O=S(=O)(O)c1ccccc1. The van der Waals surface area contributed by atoms with Gasteiger partial charge in [0.15, 0.2) is 0 Å². The van der Waals surface area contributed by atoms with Crippen molar-refractivity contribution >= 4 is 16.1 Å². The van der Waals surface area contributed by atoms with Crippen molar-refractivity contribution in [1.82, 2.24) is 4.90 Å². The first kappa shape index (κ1) is 28.6. The van der Waals surface area contributed by atoms with Crippen LogP contribution in [0.1, 0.15) is 78.1 Å². The van der Waals surface area contributed by atoms with Gasteiger partial charge >= 0.3 is 5.97 Å². The Bertz CT molecular complexity index is 647. The maximum absolute atomic E-state index is 11.6. The molecule has 0 aliphatic heterocycles. The Hall–Kier alpha value is -1.44. The topological polar surface area (TPSA) is 83.9 Å². The lowest BCUT2D eigenvalue weighted by Crippen LogP contribution is -2.34. The number of likely N-dealkylation sites (N-methyl/N-ethyl adjacent to an activating group) is 1. The zero-order valence-electron chi connectivity index (χ0n) is 19.2. The molecule has 0 bridgehead atoms. The molecule has 0 heterocycles. The second-order valence-electron chi connectivity index (χ2n) is 7.78. The summed E-state index contributed by atoms with van der Waals surface area (Å²) in [4.78, 5) is 13.4. The second-order valence-corrected chi connectivity index (χ2v) is 9.20. The van der Waals surface area contributed by atoms with Crippen molar-refractivity contribution in [2.75, 3.05) is 20.7 Å². The fourth-order valence-electron chi connectivity index (χ4n) is 2.69. The first-order chi connectivity index (χ1) is 14.2. The van der Waals surface area contributed by atoms with Crippen molar-refractivity contribution in [3.63, 3.8) is 0 Å². The van der Waals surface area contributed by atoms with Crippen LogP contribution in [0, 0.1) is 0 Å². The summed E-state index contributed by atoms with van der Waals surface area (Å²) < 4.78 is 34.5. The molecule has 0 aliphatic carbocycles. The van der Waals surface area contributed by atoms with Crippen LogP contribution in [0.5, 0.6) is 0 Å². The number of benzene rings is 1. The standard InChI is InChI=1S/C17H35NO2.C6H6O3S/c1-5-6-7-8-9-10-11-12-13-14-15-20-17(19)16(2)18(3)4;7-10(8,9)6-4-2-1-3-5-6/h16H,5-15H2,1-4H3;1-5H,(H,7,8,9). The van der Waals surface area contributed by atoms with Gasteiger partial charge in [0.2, 0.25) is 0 Å². The molecule has 0 spiro atoms. The predicted molar refractivity (Wildman–Crippen MR) is 122 cm³/mol. The first-order valence-electron chi connectivity index (χ1n) is 11.1. The van der Waals surface area contributed by atoms with Gasteiger partial charge in [-0.25, -0.2) is 0 Å². The van der Waals surface area contributed by atoms with Gasteiger partial charge in [-0.3, -0.25) is 14.2 Å². The zero-order chi connectivity index (χ0) is 22.8. The number of carbonyl (C=O) groups is 1. The summed E-state index contributed by atoms with van der Waals surface area (Å²) in [5.74, 6) is -0.106. The van der Waals surface area contributed by atoms with Crippen molar-refractivity contribution in [3.8, 4) is 0 Å². The van der Waals surface area contributed by atoms with Crippen LogP contribution in [-0.2, 0) is 19.6 Å². The number of unbranched alkanes of at least 4 members (excludes halogenated alkanes) is 9. The molecular weight excluding hydrogens is 402 g/mol. The lowest BCUT2D eigenvalue weighted by atomic mass is 10.1. The predicted octanol–water partition coefficient (Wildman–Crippen LogP) is 5.33. The van der Waals surface area contributed by atoms with Crippen LogP contribution in [0.25, 0.3) is 0 Å². The minimum Gasteiger partial charge on any atom is -0.465 e. The quantitative estimate of drug-likeness (QED) is 0.237. The molecule has 0 radical (unpaired) electrons. The summed E-state index contributed by atoms with van der Waals surface area (Å²) in [6, 6.07) is 7.28. The van der Waals surface area contributed by atoms with Crippen molar-refractivity contribution in [3.05, 3.63) is 30.3 Å². The molecular formula is C23H41NO5S. The molecule has 6 nitrogen and oxygen atoms in total. The number of hydrogen-bond donors (Lipinski definition) is 1. The molecule has 1 unspecified atom stereocenters. The Labute approximate surface area is 183 Å². The summed E-state index contributed by atoms with van der Waals surface area (Å²) in [5.41, 5.74) is 0. The minimum absolute atomic E-state index is 0.0741. The van der Waals surface area contributed by atoms with Crippen molar-refractivity contribution in [2.24, 2.45) is 0 Å². The monoisotopic (exact) mass is 443 g/mol. The van der Waals surface area contributed by atoms with Gasteiger partial charge in [0.25, 0.3) is 10.1 Å². The molecule has 0 aromatic heterocycles. The van der Waals surface area contributed by atoms with Gasteiger partial charge in [0, 0.05) is 0 Å². The van der Waals surface area contributed by atoms with Gasteiger partial charge in [-0.1, -0.05) is 82.9 Å². The van der Waals surface area contributed by atoms with E-state index in [1.807, 2.05) is 25.9 Å². The van der Waals surface area contributed by atoms with E-state index in [0.29, 0.717) is 6.61 Å². The van der Waals surface area contributed by atoms with E-state index < -0.39 is 10.1 Å². The number of ether oxygens (including phenoxy) is 1. The Morgan fingerprint density at radius 3 is 1.80 bits per heavy atom. The molecule has 1 N–H and O–H groups in total. The van der Waals surface area contributed by atoms with Gasteiger partial charge in [-0.15, -0.1) is 0 Å². The van der Waals surface area contributed by atoms with Crippen LogP contribution in [0.2, 0.25) is 0 Å². The Kier molecular flexibility index (Phi) is 16.4. The highest BCUT2D eigenvalue weighted by Crippen LogP contribution is 2.10. The fourth-order valence-corrected chi connectivity index (χ4v) is 3.19. The highest BCUT2D eigenvalue weighted by Gasteiger charge is 2.15. The number of hydrogen-bond acceptors (Lipinski definition) is 5. The van der Waals surface area contributed by atoms with E-state index in [0.717, 1.165) is 6.42 Å². The molecule has 0 saturated carbocycles. The van der Waals surface area contributed by atoms with Gasteiger partial charge in [0.1, 0.15) is 6.04 Å². The number of esters is 1. The third-order valence-corrected chi connectivity index (χ3v) is 5.77. The lowest BCUT2D eigenvalue weighted by molar-refractivity contribution is -0.148. The zero-order valence-corrected chi connectivity index (χ0v) is 20.0. The largest absolute Gasteiger partial charge is 0.465 e. The Morgan fingerprint density at radius 2 is 1.40 bits per heavy atom. The molecule has 0 saturated heterocycles. The van der Waals surface area contributed by atoms with E-state index in [2.05, 4.69) is 6.92 Å². The van der Waals surface area contributed by atoms with E-state index >= 15 is 0 Å². The highest BCUT2D eigenvalue weighted by molar-refractivity contribution is 7.85. The molecule has 1 aromatic rings. The second kappa shape index (κ2) is 17.3. The highest BCUT2D eigenvalue weighted by atomic mass is 32.2. The van der Waals surface area contributed by atoms with Crippen molar-refractivity contribution < 1.29 is 22.5 Å². The molecule has 30 heavy (non-hydrogen) atoms. The van der Waals surface area contributed by atoms with E-state index in [9.17, 15) is 13.2 Å². The number of nitrogens with zero attached hydrogens (tertiary/aromatic N) is 1. The van der Waals surface area contributed by atoms with E-state index in [1.165, 1.54) is 69.9 Å². The van der Waals surface area contributed by atoms with Crippen LogP contribution in [-0.4, -0.2) is 50.6 Å². The molecule has 0 amide bonds. The summed E-state index contributed by atoms with van der Waals surface area (Å²) in [7, 11) is -0.212. The third kappa shape index (κ3) is 15.4. The first-order valence-corrected chi connectivity index (χ1v) is 12.5. The van der Waals surface area contributed by atoms with Crippen LogP contribution >= 0.6 is 0 Å². The van der Waals surface area contributed by atoms with Gasteiger partial charge < -0.3 is 4.74 Å². The van der Waals surface area contributed by atoms with Crippen molar-refractivity contribution in [2.45, 2.75) is 89.0 Å². The lowest BCUT2D eigenvalue weighted by Gasteiger charge is -2.17. The Morgan fingerprint density at radius 1 is 0.933 bits per heavy atom. The van der Waals surface area contributed by atoms with E-state index in [1.54, 1.807) is 18.2 Å². The summed E-state index contributed by atoms with van der Waals surface area (Å²) in [6.45, 7) is 4.71. The molecule has 0 fully saturated rings. The van der Waals surface area contributed by atoms with Crippen molar-refractivity contribution in [1.29, 1.82) is 0 Å². The smallest absolute Gasteiger partial charge is 0.323 e. The minimum atomic E-state index is -4.00. The van der Waals surface area contributed by atoms with Crippen LogP contribution in [0.3, 0.4) is 0 Å². The summed E-state index contributed by atoms with van der Waals surface area (Å²) in [6.07, 6.45) is 13.0. The molecule has 1 atom stereocenters. The van der Waals surface area contributed by atoms with Gasteiger partial charge in [-0.2, -0.15) is 8.42 Å². The van der Waals surface area contributed by atoms with E-state index in [4.69, 9.17) is 9.29 Å². The number of carbonyl (C=O) groups excluding carboxylic acids is 1. The maximum atomic E-state index is 11.6. The Balaban J connectivity index is 0.000000696. The van der Waals surface area contributed by atoms with E-state index in [-0.39, 0.29) is 16.9 Å². The van der Waals surface area contributed by atoms with Crippen LogP contribution in [0.15, 0.2) is 35.2 Å². The molecule has 174 valence electrons. The van der Waals surface area contributed by atoms with Gasteiger partial charge in [0.05, 0.1) is 11.5 Å². The summed E-state index contributed by atoms with van der Waals surface area (Å²) in [5, 5.41) is 0. The third-order valence-electron chi connectivity index (χ3n) is 4.90. The van der Waals surface area contributed by atoms with Crippen LogP contribution < -0.4 is 0 Å². The normalized spacial score (nSPS) is 12.2. The van der Waals surface area contributed by atoms with Gasteiger partial charge in [-0.05, 0) is 39.6 Å².